The highest BCUT2D eigenvalue weighted by molar-refractivity contribution is 7.90. The lowest BCUT2D eigenvalue weighted by Crippen LogP contribution is -2.30. The molecule has 1 atom stereocenters. The van der Waals surface area contributed by atoms with E-state index < -0.39 is 33.2 Å². The first-order valence-corrected chi connectivity index (χ1v) is 9.92. The summed E-state index contributed by atoms with van der Waals surface area (Å²) in [6, 6.07) is 8.05. The SMILES string of the molecule is CCC1(O)OC(=O)C(c2ccc(F)cc2)=C1c1ccc(S(C)(=O)=O)cc1F. The number of hydrogen-bond acceptors (Lipinski definition) is 5. The van der Waals surface area contributed by atoms with E-state index in [4.69, 9.17) is 4.74 Å². The standard InChI is InChI=1S/C19H16F2O5S/c1-3-19(23)17(14-9-8-13(10-15(14)21)27(2,24)25)16(18(22)26-19)11-4-6-12(20)7-5-11/h4-10,23H,3H2,1-2H3. The molecule has 8 heteroatoms. The second-order valence-corrected chi connectivity index (χ2v) is 8.21. The fraction of sp³-hybridized carbons (Fsp3) is 0.211. The van der Waals surface area contributed by atoms with E-state index in [1.165, 1.54) is 24.3 Å². The van der Waals surface area contributed by atoms with E-state index in [2.05, 4.69) is 0 Å². The zero-order valence-corrected chi connectivity index (χ0v) is 15.3. The van der Waals surface area contributed by atoms with Crippen LogP contribution in [0.3, 0.4) is 0 Å². The maximum absolute atomic E-state index is 14.8. The zero-order chi connectivity index (χ0) is 20.0. The fourth-order valence-corrected chi connectivity index (χ4v) is 3.59. The number of halogens is 2. The summed E-state index contributed by atoms with van der Waals surface area (Å²) in [5.74, 6) is -4.43. The largest absolute Gasteiger partial charge is 0.425 e. The zero-order valence-electron chi connectivity index (χ0n) is 14.5. The Bertz CT molecular complexity index is 1060. The van der Waals surface area contributed by atoms with Gasteiger partial charge < -0.3 is 9.84 Å². The average molecular weight is 394 g/mol. The van der Waals surface area contributed by atoms with Gasteiger partial charge in [-0.2, -0.15) is 0 Å². The van der Waals surface area contributed by atoms with Gasteiger partial charge in [-0.3, -0.25) is 0 Å². The quantitative estimate of drug-likeness (QED) is 0.807. The van der Waals surface area contributed by atoms with Gasteiger partial charge in [0.1, 0.15) is 11.6 Å². The van der Waals surface area contributed by atoms with Crippen molar-refractivity contribution >= 4 is 27.0 Å². The Hall–Kier alpha value is -2.58. The van der Waals surface area contributed by atoms with Gasteiger partial charge in [0.15, 0.2) is 9.84 Å². The van der Waals surface area contributed by atoms with Crippen molar-refractivity contribution in [2.45, 2.75) is 24.0 Å². The number of cyclic esters (lactones) is 1. The minimum absolute atomic E-state index is 0.0635. The molecule has 27 heavy (non-hydrogen) atoms. The van der Waals surface area contributed by atoms with E-state index in [-0.39, 0.29) is 33.6 Å². The predicted octanol–water partition coefficient (Wildman–Crippen LogP) is 2.93. The van der Waals surface area contributed by atoms with Crippen LogP contribution in [-0.4, -0.2) is 31.5 Å². The Kier molecular flexibility index (Phi) is 4.65. The van der Waals surface area contributed by atoms with E-state index in [9.17, 15) is 27.1 Å². The normalized spacial score (nSPS) is 20.1. The Morgan fingerprint density at radius 1 is 1.11 bits per heavy atom. The van der Waals surface area contributed by atoms with Gasteiger partial charge in [-0.25, -0.2) is 22.0 Å². The summed E-state index contributed by atoms with van der Waals surface area (Å²) in [6.45, 7) is 1.55. The first-order chi connectivity index (χ1) is 12.6. The fourth-order valence-electron chi connectivity index (χ4n) is 2.95. The molecule has 1 aliphatic heterocycles. The average Bonchev–Trinajstić information content (AvgIpc) is 2.86. The molecule has 1 N–H and O–H groups in total. The molecular formula is C19H16F2O5S. The smallest absolute Gasteiger partial charge is 0.342 e. The molecule has 1 aliphatic rings. The molecule has 142 valence electrons. The van der Waals surface area contributed by atoms with Gasteiger partial charge >= 0.3 is 5.97 Å². The molecule has 0 spiro atoms. The molecule has 0 aromatic heterocycles. The Morgan fingerprint density at radius 2 is 1.74 bits per heavy atom. The van der Waals surface area contributed by atoms with Gasteiger partial charge in [0.2, 0.25) is 5.79 Å². The summed E-state index contributed by atoms with van der Waals surface area (Å²) < 4.78 is 56.3. The number of hydrogen-bond donors (Lipinski definition) is 1. The molecule has 5 nitrogen and oxygen atoms in total. The van der Waals surface area contributed by atoms with Crippen molar-refractivity contribution in [1.82, 2.24) is 0 Å². The van der Waals surface area contributed by atoms with Gasteiger partial charge in [0.05, 0.1) is 10.5 Å². The van der Waals surface area contributed by atoms with E-state index in [0.717, 1.165) is 24.5 Å². The Balaban J connectivity index is 2.29. The molecule has 0 amide bonds. The summed E-state index contributed by atoms with van der Waals surface area (Å²) >= 11 is 0. The van der Waals surface area contributed by atoms with E-state index in [0.29, 0.717) is 0 Å². The number of benzene rings is 2. The van der Waals surface area contributed by atoms with Gasteiger partial charge in [0, 0.05) is 23.8 Å². The molecular weight excluding hydrogens is 378 g/mol. The second-order valence-electron chi connectivity index (χ2n) is 6.20. The molecule has 0 saturated carbocycles. The van der Waals surface area contributed by atoms with Gasteiger partial charge in [0.25, 0.3) is 0 Å². The van der Waals surface area contributed by atoms with Crippen LogP contribution in [-0.2, 0) is 19.4 Å². The van der Waals surface area contributed by atoms with Crippen molar-refractivity contribution in [2.24, 2.45) is 0 Å². The number of rotatable bonds is 4. The molecule has 1 unspecified atom stereocenters. The summed E-state index contributed by atoms with van der Waals surface area (Å²) in [7, 11) is -3.64. The summed E-state index contributed by atoms with van der Waals surface area (Å²) in [5, 5.41) is 10.8. The molecule has 1 heterocycles. The van der Waals surface area contributed by atoms with Crippen LogP contribution in [0.4, 0.5) is 8.78 Å². The summed E-state index contributed by atoms with van der Waals surface area (Å²) in [6.07, 6.45) is 0.876. The Morgan fingerprint density at radius 3 is 2.26 bits per heavy atom. The number of esters is 1. The van der Waals surface area contributed by atoms with Crippen molar-refractivity contribution in [1.29, 1.82) is 0 Å². The maximum Gasteiger partial charge on any atom is 0.342 e. The van der Waals surface area contributed by atoms with Crippen molar-refractivity contribution in [2.75, 3.05) is 6.26 Å². The third kappa shape index (κ3) is 3.38. The van der Waals surface area contributed by atoms with Crippen LogP contribution in [0.15, 0.2) is 47.4 Å². The van der Waals surface area contributed by atoms with Gasteiger partial charge in [-0.15, -0.1) is 0 Å². The van der Waals surface area contributed by atoms with Crippen molar-refractivity contribution in [3.05, 3.63) is 65.2 Å². The van der Waals surface area contributed by atoms with Gasteiger partial charge in [-0.1, -0.05) is 25.1 Å². The first-order valence-electron chi connectivity index (χ1n) is 8.03. The molecule has 0 radical (unpaired) electrons. The number of carbonyl (C=O) groups excluding carboxylic acids is 1. The minimum atomic E-state index is -3.64. The Labute approximate surface area is 154 Å². The lowest BCUT2D eigenvalue weighted by atomic mass is 9.89. The third-order valence-corrected chi connectivity index (χ3v) is 5.47. The van der Waals surface area contributed by atoms with Crippen LogP contribution in [0, 0.1) is 11.6 Å². The summed E-state index contributed by atoms with van der Waals surface area (Å²) in [5.41, 5.74) is -0.159. The van der Waals surface area contributed by atoms with Crippen molar-refractivity contribution in [3.63, 3.8) is 0 Å². The van der Waals surface area contributed by atoms with Gasteiger partial charge in [-0.05, 0) is 29.8 Å². The molecule has 0 aliphatic carbocycles. The van der Waals surface area contributed by atoms with Crippen LogP contribution < -0.4 is 0 Å². The third-order valence-electron chi connectivity index (χ3n) is 4.36. The monoisotopic (exact) mass is 394 g/mol. The van der Waals surface area contributed by atoms with Crippen LogP contribution in [0.1, 0.15) is 24.5 Å². The topological polar surface area (TPSA) is 80.7 Å². The maximum atomic E-state index is 14.8. The van der Waals surface area contributed by atoms with Crippen molar-refractivity contribution in [3.8, 4) is 0 Å². The molecule has 2 aromatic rings. The molecule has 3 rings (SSSR count). The molecule has 0 bridgehead atoms. The number of sulfone groups is 1. The second kappa shape index (κ2) is 6.54. The molecule has 0 saturated heterocycles. The van der Waals surface area contributed by atoms with E-state index >= 15 is 0 Å². The van der Waals surface area contributed by atoms with Crippen LogP contribution in [0.5, 0.6) is 0 Å². The highest BCUT2D eigenvalue weighted by Gasteiger charge is 2.47. The highest BCUT2D eigenvalue weighted by atomic mass is 32.2. The number of carbonyl (C=O) groups is 1. The highest BCUT2D eigenvalue weighted by Crippen LogP contribution is 2.45. The van der Waals surface area contributed by atoms with E-state index in [1.54, 1.807) is 6.92 Å². The minimum Gasteiger partial charge on any atom is -0.425 e. The number of aliphatic hydroxyl groups is 1. The molecule has 2 aromatic carbocycles. The van der Waals surface area contributed by atoms with Crippen molar-refractivity contribution < 1.29 is 31.8 Å². The van der Waals surface area contributed by atoms with E-state index in [1.807, 2.05) is 0 Å². The lowest BCUT2D eigenvalue weighted by molar-refractivity contribution is -0.175. The van der Waals surface area contributed by atoms with Crippen LogP contribution >= 0.6 is 0 Å². The predicted molar refractivity (Wildman–Crippen MR) is 94.1 cm³/mol. The summed E-state index contributed by atoms with van der Waals surface area (Å²) in [4.78, 5) is 12.2. The number of ether oxygens (including phenoxy) is 1. The molecule has 0 fully saturated rings. The van der Waals surface area contributed by atoms with Crippen LogP contribution in [0.2, 0.25) is 0 Å². The lowest BCUT2D eigenvalue weighted by Gasteiger charge is -2.24. The van der Waals surface area contributed by atoms with Crippen LogP contribution in [0.25, 0.3) is 11.1 Å². The first kappa shape index (κ1) is 19.2.